The van der Waals surface area contributed by atoms with Gasteiger partial charge in [0.15, 0.2) is 31.9 Å². The van der Waals surface area contributed by atoms with Gasteiger partial charge >= 0.3 is 23.9 Å². The number of fused-ring (bicyclic) bond motifs is 5. The summed E-state index contributed by atoms with van der Waals surface area (Å²) in [7, 11) is -2.77. The summed E-state index contributed by atoms with van der Waals surface area (Å²) in [6.45, 7) is 13.7. The van der Waals surface area contributed by atoms with Crippen LogP contribution in [-0.4, -0.2) is 120 Å². The molecular weight excluding hydrogens is 919 g/mol. The first-order valence-corrected chi connectivity index (χ1v) is 26.5. The van der Waals surface area contributed by atoms with Crippen LogP contribution in [0.25, 0.3) is 0 Å². The largest absolute Gasteiger partial charge is 0.456 e. The van der Waals surface area contributed by atoms with Crippen molar-refractivity contribution in [3.8, 4) is 0 Å². The highest BCUT2D eigenvalue weighted by molar-refractivity contribution is 6.73. The molecule has 3 aromatic rings. The van der Waals surface area contributed by atoms with Crippen molar-refractivity contribution in [3.63, 3.8) is 0 Å². The van der Waals surface area contributed by atoms with Crippen LogP contribution >= 0.6 is 0 Å². The number of nitrogens with one attached hydrogen (secondary N) is 1. The van der Waals surface area contributed by atoms with Gasteiger partial charge in [0.05, 0.1) is 35.6 Å². The number of hydrogen-bond donors (Lipinski definition) is 4. The molecule has 7 rings (SSSR count). The van der Waals surface area contributed by atoms with Gasteiger partial charge in [0, 0.05) is 31.2 Å². The Morgan fingerprint density at radius 3 is 1.87 bits per heavy atom. The zero-order valence-corrected chi connectivity index (χ0v) is 42.1. The predicted molar refractivity (Wildman–Crippen MR) is 255 cm³/mol. The fourth-order valence-electron chi connectivity index (χ4n) is 11.7. The summed E-state index contributed by atoms with van der Waals surface area (Å²) in [6, 6.07) is 25.9. The minimum atomic E-state index is -2.77. The summed E-state index contributed by atoms with van der Waals surface area (Å²) < 4.78 is 38.0. The van der Waals surface area contributed by atoms with Crippen LogP contribution in [0.5, 0.6) is 0 Å². The van der Waals surface area contributed by atoms with Crippen LogP contribution in [0.15, 0.2) is 102 Å². The highest BCUT2D eigenvalue weighted by Gasteiger charge is 2.80. The van der Waals surface area contributed by atoms with Gasteiger partial charge in [-0.05, 0) is 73.0 Å². The maximum absolute atomic E-state index is 15.8. The Morgan fingerprint density at radius 2 is 1.36 bits per heavy atom. The molecule has 2 saturated carbocycles. The van der Waals surface area contributed by atoms with Gasteiger partial charge in [-0.25, -0.2) is 9.59 Å². The number of carbonyl (C=O) groups excluding carboxylic acids is 6. The summed E-state index contributed by atoms with van der Waals surface area (Å²) in [5.41, 5.74) is -7.46. The standard InChI is InChI=1S/C53H65NO15Si/c1-10-70(11-2,12-3)69-41(38(33-22-16-13-17-23-33)54-47(60)34-24-18-14-19-25-34)49(62)66-36-28-53(63)46(67-48(61)35-26-20-15-21-27-35)42-51(9,43(58)39(57)45-52(42,29-64-45)68-32(6)56)44(59)40(65-31(5)55)37(30(36)4)50(53,7)8/h13-27,36,38-43,45-46,57-58,63H,10-12,28-29H2,1-9H3,(H,54,60)/t36-,38-,39-,40+,41+,42-,43+,45+,46-,51-,52+,53+/m0/s1. The van der Waals surface area contributed by atoms with E-state index in [9.17, 15) is 34.5 Å². The lowest BCUT2D eigenvalue weighted by atomic mass is 9.44. The van der Waals surface area contributed by atoms with E-state index in [2.05, 4.69) is 5.32 Å². The number of rotatable bonds is 15. The molecule has 1 aliphatic heterocycles. The molecule has 16 nitrogen and oxygen atoms in total. The van der Waals surface area contributed by atoms with Crippen molar-refractivity contribution in [2.75, 3.05) is 6.61 Å². The van der Waals surface area contributed by atoms with Crippen molar-refractivity contribution in [1.82, 2.24) is 5.32 Å². The van der Waals surface area contributed by atoms with Gasteiger partial charge in [-0.1, -0.05) is 101 Å². The van der Waals surface area contributed by atoms with E-state index in [4.69, 9.17) is 28.1 Å². The molecule has 1 saturated heterocycles. The lowest BCUT2D eigenvalue weighted by Crippen LogP contribution is -2.85. The number of benzene rings is 3. The van der Waals surface area contributed by atoms with Crippen molar-refractivity contribution in [1.29, 1.82) is 0 Å². The number of aliphatic hydroxyl groups is 3. The number of Topliss-reactive ketones (excluding diaryl/α,β-unsaturated/α-hetero) is 1. The smallest absolute Gasteiger partial charge is 0.338 e. The Balaban J connectivity index is 1.45. The van der Waals surface area contributed by atoms with Crippen molar-refractivity contribution in [2.24, 2.45) is 16.7 Å². The van der Waals surface area contributed by atoms with Gasteiger partial charge in [-0.3, -0.25) is 19.2 Å². The van der Waals surface area contributed by atoms with E-state index >= 15 is 9.59 Å². The molecule has 0 radical (unpaired) electrons. The molecule has 12 atom stereocenters. The second-order valence-corrected chi connectivity index (χ2v) is 24.5. The highest BCUT2D eigenvalue weighted by Crippen LogP contribution is 2.64. The Kier molecular flexibility index (Phi) is 14.9. The average Bonchev–Trinajstić information content (AvgIpc) is 3.33. The molecular formula is C53H65NO15Si. The predicted octanol–water partition coefficient (Wildman–Crippen LogP) is 5.74. The molecule has 17 heteroatoms. The molecule has 70 heavy (non-hydrogen) atoms. The van der Waals surface area contributed by atoms with E-state index in [0.29, 0.717) is 29.3 Å². The second-order valence-electron chi connectivity index (χ2n) is 19.8. The summed E-state index contributed by atoms with van der Waals surface area (Å²) in [6.07, 6.45) is -12.7. The third-order valence-corrected chi connectivity index (χ3v) is 20.4. The first-order valence-electron chi connectivity index (χ1n) is 23.9. The van der Waals surface area contributed by atoms with Crippen LogP contribution in [-0.2, 0) is 47.3 Å². The number of amides is 1. The minimum Gasteiger partial charge on any atom is -0.456 e. The van der Waals surface area contributed by atoms with Gasteiger partial charge < -0.3 is 48.7 Å². The normalized spacial score (nSPS) is 30.9. The Labute approximate surface area is 409 Å². The van der Waals surface area contributed by atoms with E-state index in [-0.39, 0.29) is 16.7 Å². The zero-order chi connectivity index (χ0) is 51.1. The number of hydrogen-bond acceptors (Lipinski definition) is 15. The molecule has 4 N–H and O–H groups in total. The van der Waals surface area contributed by atoms with Crippen LogP contribution in [0.4, 0.5) is 0 Å². The number of ketones is 1. The van der Waals surface area contributed by atoms with Crippen molar-refractivity contribution < 1.29 is 72.2 Å². The third-order valence-electron chi connectivity index (χ3n) is 15.8. The molecule has 3 aliphatic carbocycles. The van der Waals surface area contributed by atoms with Gasteiger partial charge in [0.2, 0.25) is 0 Å². The van der Waals surface area contributed by atoms with Gasteiger partial charge in [-0.15, -0.1) is 0 Å². The van der Waals surface area contributed by atoms with Gasteiger partial charge in [0.1, 0.15) is 30.0 Å². The van der Waals surface area contributed by atoms with Crippen LogP contribution in [0.3, 0.4) is 0 Å². The topological polar surface area (TPSA) is 231 Å². The fourth-order valence-corrected chi connectivity index (χ4v) is 14.4. The van der Waals surface area contributed by atoms with Crippen LogP contribution in [0.1, 0.15) is 101 Å². The van der Waals surface area contributed by atoms with Crippen LogP contribution in [0.2, 0.25) is 18.1 Å². The Hall–Kier alpha value is -5.56. The summed E-state index contributed by atoms with van der Waals surface area (Å²) in [5, 5.41) is 41.0. The quantitative estimate of drug-likeness (QED) is 0.0616. The molecule has 1 heterocycles. The molecule has 4 aliphatic rings. The fraction of sp³-hybridized carbons (Fsp3) is 0.509. The van der Waals surface area contributed by atoms with Crippen molar-refractivity contribution in [2.45, 2.75) is 147 Å². The van der Waals surface area contributed by atoms with E-state index in [1.54, 1.807) is 99.6 Å². The number of ether oxygens (including phenoxy) is 5. The number of aliphatic hydroxyl groups excluding tert-OH is 2. The molecule has 0 spiro atoms. The molecule has 2 bridgehead atoms. The van der Waals surface area contributed by atoms with Gasteiger partial charge in [0.25, 0.3) is 5.91 Å². The molecule has 3 aromatic carbocycles. The Morgan fingerprint density at radius 1 is 0.800 bits per heavy atom. The van der Waals surface area contributed by atoms with E-state index in [1.165, 1.54) is 19.1 Å². The SMILES string of the molecule is CC[Si](CC)(CC)O[C@@H](C(=O)O[C@H]1C[C@@]2(O)[C@@H](OC(=O)c3ccccc3)[C@@H]3[C@]4(OC(C)=O)CO[C@@H]4[C@@H](O)[C@@H](O)[C@@]3(C)C(=O)[C@H](OC(C)=O)C(=C1C)C2(C)C)[C@@H](NC(=O)c1ccccc1)c1ccccc1. The summed E-state index contributed by atoms with van der Waals surface area (Å²) in [4.78, 5) is 86.3. The second kappa shape index (κ2) is 19.9. The summed E-state index contributed by atoms with van der Waals surface area (Å²) >= 11 is 0. The lowest BCUT2D eigenvalue weighted by Gasteiger charge is -2.68. The molecule has 3 fully saturated rings. The summed E-state index contributed by atoms with van der Waals surface area (Å²) in [5.74, 6) is -6.88. The number of esters is 4. The minimum absolute atomic E-state index is 0.0243. The van der Waals surface area contributed by atoms with E-state index < -0.39 is 134 Å². The van der Waals surface area contributed by atoms with Gasteiger partial charge in [-0.2, -0.15) is 0 Å². The Bertz CT molecular complexity index is 2490. The maximum atomic E-state index is 15.8. The first kappa shape index (κ1) is 52.3. The monoisotopic (exact) mass is 983 g/mol. The maximum Gasteiger partial charge on any atom is 0.338 e. The van der Waals surface area contributed by atoms with Crippen molar-refractivity contribution in [3.05, 3.63) is 119 Å². The average molecular weight is 984 g/mol. The van der Waals surface area contributed by atoms with Crippen molar-refractivity contribution >= 4 is 43.9 Å². The lowest BCUT2D eigenvalue weighted by molar-refractivity contribution is -0.369. The number of carbonyl (C=O) groups is 6. The molecule has 376 valence electrons. The van der Waals surface area contributed by atoms with E-state index in [0.717, 1.165) is 13.8 Å². The van der Waals surface area contributed by atoms with E-state index in [1.807, 2.05) is 20.8 Å². The van der Waals surface area contributed by atoms with Crippen LogP contribution < -0.4 is 5.32 Å². The first-order chi connectivity index (χ1) is 33.1. The zero-order valence-electron chi connectivity index (χ0n) is 41.1. The molecule has 0 unspecified atom stereocenters. The molecule has 0 aromatic heterocycles. The van der Waals surface area contributed by atoms with Crippen LogP contribution in [0, 0.1) is 16.7 Å². The third kappa shape index (κ3) is 8.82. The highest BCUT2D eigenvalue weighted by atomic mass is 28.4. The molecule has 1 amide bonds.